The normalized spacial score (nSPS) is 25.6. The summed E-state index contributed by atoms with van der Waals surface area (Å²) in [6.45, 7) is 5.30. The lowest BCUT2D eigenvalue weighted by Gasteiger charge is -2.18. The number of ether oxygens (including phenoxy) is 2. The predicted molar refractivity (Wildman–Crippen MR) is 79.5 cm³/mol. The Kier molecular flexibility index (Phi) is 3.85. The molecule has 0 saturated carbocycles. The van der Waals surface area contributed by atoms with E-state index >= 15 is 0 Å². The van der Waals surface area contributed by atoms with Crippen LogP contribution in [-0.4, -0.2) is 44.3 Å². The number of hydrogen-bond acceptors (Lipinski definition) is 4. The van der Waals surface area contributed by atoms with Gasteiger partial charge in [0.1, 0.15) is 17.6 Å². The third kappa shape index (κ3) is 2.63. The second-order valence-electron chi connectivity index (χ2n) is 5.91. The third-order valence-corrected chi connectivity index (χ3v) is 4.37. The second kappa shape index (κ2) is 5.62. The lowest BCUT2D eigenvalue weighted by atomic mass is 10.1. The quantitative estimate of drug-likeness (QED) is 0.909. The molecular weight excluding hydrogens is 252 g/mol. The molecule has 0 radical (unpaired) electrons. The number of fused-ring (bicyclic) bond motifs is 1. The molecule has 110 valence electrons. The van der Waals surface area contributed by atoms with Gasteiger partial charge in [-0.15, -0.1) is 0 Å². The van der Waals surface area contributed by atoms with Crippen molar-refractivity contribution in [3.05, 3.63) is 23.3 Å². The van der Waals surface area contributed by atoms with Crippen LogP contribution in [0.3, 0.4) is 0 Å². The van der Waals surface area contributed by atoms with E-state index in [2.05, 4.69) is 29.3 Å². The summed E-state index contributed by atoms with van der Waals surface area (Å²) in [5, 5.41) is 3.36. The highest BCUT2D eigenvalue weighted by molar-refractivity contribution is 5.48. The third-order valence-electron chi connectivity index (χ3n) is 4.37. The molecule has 0 spiro atoms. The zero-order chi connectivity index (χ0) is 14.1. The van der Waals surface area contributed by atoms with E-state index in [0.29, 0.717) is 6.04 Å². The van der Waals surface area contributed by atoms with E-state index in [1.807, 2.05) is 7.05 Å². The average Bonchev–Trinajstić information content (AvgIpc) is 3.02. The maximum absolute atomic E-state index is 5.87. The van der Waals surface area contributed by atoms with Gasteiger partial charge in [-0.05, 0) is 32.5 Å². The van der Waals surface area contributed by atoms with E-state index in [1.54, 1.807) is 7.11 Å². The van der Waals surface area contributed by atoms with Crippen molar-refractivity contribution in [3.63, 3.8) is 0 Å². The number of rotatable bonds is 4. The minimum Gasteiger partial charge on any atom is -0.496 e. The Morgan fingerprint density at radius 1 is 1.45 bits per heavy atom. The molecule has 1 aromatic rings. The van der Waals surface area contributed by atoms with Crippen molar-refractivity contribution in [3.8, 4) is 11.5 Å². The Labute approximate surface area is 121 Å². The van der Waals surface area contributed by atoms with Crippen LogP contribution >= 0.6 is 0 Å². The summed E-state index contributed by atoms with van der Waals surface area (Å²) in [5.74, 6) is 2.03. The second-order valence-corrected chi connectivity index (χ2v) is 5.91. The van der Waals surface area contributed by atoms with Crippen LogP contribution in [0.25, 0.3) is 0 Å². The molecule has 1 N–H and O–H groups in total. The molecule has 1 aromatic carbocycles. The summed E-state index contributed by atoms with van der Waals surface area (Å²) in [6, 6.07) is 4.94. The van der Waals surface area contributed by atoms with Crippen molar-refractivity contribution in [2.24, 2.45) is 0 Å². The summed E-state index contributed by atoms with van der Waals surface area (Å²) < 4.78 is 11.4. The minimum absolute atomic E-state index is 0.283. The Balaban J connectivity index is 1.77. The van der Waals surface area contributed by atoms with Gasteiger partial charge in [-0.2, -0.15) is 0 Å². The molecule has 2 aliphatic heterocycles. The summed E-state index contributed by atoms with van der Waals surface area (Å²) in [6.07, 6.45) is 2.49. The lowest BCUT2D eigenvalue weighted by molar-refractivity contribution is 0.253. The molecule has 1 fully saturated rings. The molecule has 2 heterocycles. The maximum Gasteiger partial charge on any atom is 0.123 e. The van der Waals surface area contributed by atoms with E-state index in [1.165, 1.54) is 17.5 Å². The molecule has 0 amide bonds. The van der Waals surface area contributed by atoms with Crippen molar-refractivity contribution < 1.29 is 9.47 Å². The first-order chi connectivity index (χ1) is 9.69. The fourth-order valence-corrected chi connectivity index (χ4v) is 3.25. The van der Waals surface area contributed by atoms with Crippen molar-refractivity contribution in [2.45, 2.75) is 38.5 Å². The number of benzene rings is 1. The number of methoxy groups -OCH3 is 1. The monoisotopic (exact) mass is 276 g/mol. The Bertz CT molecular complexity index is 490. The van der Waals surface area contributed by atoms with Gasteiger partial charge in [0.05, 0.1) is 7.11 Å². The molecule has 0 bridgehead atoms. The van der Waals surface area contributed by atoms with E-state index in [9.17, 15) is 0 Å². The molecule has 2 atom stereocenters. The van der Waals surface area contributed by atoms with E-state index in [0.717, 1.165) is 37.6 Å². The van der Waals surface area contributed by atoms with Crippen molar-refractivity contribution in [1.29, 1.82) is 0 Å². The van der Waals surface area contributed by atoms with Crippen LogP contribution in [-0.2, 0) is 13.0 Å². The topological polar surface area (TPSA) is 33.7 Å². The molecule has 4 nitrogen and oxygen atoms in total. The van der Waals surface area contributed by atoms with Crippen LogP contribution < -0.4 is 14.8 Å². The number of likely N-dealkylation sites (tertiary alicyclic amines) is 1. The van der Waals surface area contributed by atoms with Gasteiger partial charge in [0.15, 0.2) is 0 Å². The molecule has 1 saturated heterocycles. The van der Waals surface area contributed by atoms with E-state index < -0.39 is 0 Å². The number of nitrogens with zero attached hydrogens (tertiary/aromatic N) is 1. The number of likely N-dealkylation sites (N-methyl/N-ethyl adjacent to an activating group) is 1. The van der Waals surface area contributed by atoms with Gasteiger partial charge in [0, 0.05) is 43.2 Å². The average molecular weight is 276 g/mol. The first-order valence-electron chi connectivity index (χ1n) is 7.45. The van der Waals surface area contributed by atoms with Crippen LogP contribution in [0.15, 0.2) is 12.1 Å². The molecule has 0 aromatic heterocycles. The molecule has 3 rings (SSSR count). The first-order valence-corrected chi connectivity index (χ1v) is 7.45. The summed E-state index contributed by atoms with van der Waals surface area (Å²) in [4.78, 5) is 2.48. The maximum atomic E-state index is 5.87. The van der Waals surface area contributed by atoms with E-state index in [-0.39, 0.29) is 6.10 Å². The van der Waals surface area contributed by atoms with Gasteiger partial charge in [0.2, 0.25) is 0 Å². The number of hydrogen-bond donors (Lipinski definition) is 1. The fourth-order valence-electron chi connectivity index (χ4n) is 3.25. The highest BCUT2D eigenvalue weighted by Gasteiger charge is 2.25. The van der Waals surface area contributed by atoms with Crippen LogP contribution in [0.1, 0.15) is 24.5 Å². The van der Waals surface area contributed by atoms with Gasteiger partial charge < -0.3 is 14.8 Å². The highest BCUT2D eigenvalue weighted by atomic mass is 16.5. The summed E-state index contributed by atoms with van der Waals surface area (Å²) >= 11 is 0. The fraction of sp³-hybridized carbons (Fsp3) is 0.625. The highest BCUT2D eigenvalue weighted by Crippen LogP contribution is 2.35. The van der Waals surface area contributed by atoms with Gasteiger partial charge in [0.25, 0.3) is 0 Å². The van der Waals surface area contributed by atoms with Crippen molar-refractivity contribution in [2.75, 3.05) is 27.2 Å². The van der Waals surface area contributed by atoms with Crippen molar-refractivity contribution in [1.82, 2.24) is 10.2 Å². The predicted octanol–water partition coefficient (Wildman–Crippen LogP) is 1.81. The molecule has 2 unspecified atom stereocenters. The van der Waals surface area contributed by atoms with Gasteiger partial charge in [-0.3, -0.25) is 4.90 Å². The van der Waals surface area contributed by atoms with Crippen LogP contribution in [0, 0.1) is 0 Å². The van der Waals surface area contributed by atoms with Crippen LogP contribution in [0.2, 0.25) is 0 Å². The smallest absolute Gasteiger partial charge is 0.123 e. The summed E-state index contributed by atoms with van der Waals surface area (Å²) in [7, 11) is 3.80. The zero-order valence-corrected chi connectivity index (χ0v) is 12.6. The van der Waals surface area contributed by atoms with E-state index in [4.69, 9.17) is 9.47 Å². The lowest BCUT2D eigenvalue weighted by Crippen LogP contribution is -2.29. The van der Waals surface area contributed by atoms with Crippen LogP contribution in [0.5, 0.6) is 11.5 Å². The largest absolute Gasteiger partial charge is 0.496 e. The van der Waals surface area contributed by atoms with Crippen molar-refractivity contribution >= 4 is 0 Å². The number of nitrogens with one attached hydrogen (secondary N) is 1. The first kappa shape index (κ1) is 13.7. The standard InChI is InChI=1S/C16H24N2O2/c1-11-6-12-7-15(19-3)13(8-16(12)20-11)9-18-5-4-14(10-18)17-2/h7-8,11,14,17H,4-6,9-10H2,1-3H3. The molecule has 0 aliphatic carbocycles. The molecule has 20 heavy (non-hydrogen) atoms. The molecule has 2 aliphatic rings. The Morgan fingerprint density at radius 3 is 3.00 bits per heavy atom. The van der Waals surface area contributed by atoms with Gasteiger partial charge in [-0.25, -0.2) is 0 Å². The SMILES string of the molecule is CNC1CCN(Cc2cc3c(cc2OC)CC(C)O3)C1. The Morgan fingerprint density at radius 2 is 2.30 bits per heavy atom. The van der Waals surface area contributed by atoms with Crippen LogP contribution in [0.4, 0.5) is 0 Å². The van der Waals surface area contributed by atoms with Gasteiger partial charge in [-0.1, -0.05) is 0 Å². The minimum atomic E-state index is 0.283. The zero-order valence-electron chi connectivity index (χ0n) is 12.6. The summed E-state index contributed by atoms with van der Waals surface area (Å²) in [5.41, 5.74) is 2.50. The van der Waals surface area contributed by atoms with Gasteiger partial charge >= 0.3 is 0 Å². The Hall–Kier alpha value is -1.26. The molecular formula is C16H24N2O2. The molecule has 4 heteroatoms.